The molecule has 1 atom stereocenters. The highest BCUT2D eigenvalue weighted by Crippen LogP contribution is 2.20. The second-order valence-electron chi connectivity index (χ2n) is 4.65. The van der Waals surface area contributed by atoms with Gasteiger partial charge >= 0.3 is 5.97 Å². The molecule has 1 aliphatic heterocycles. The van der Waals surface area contributed by atoms with Crippen LogP contribution in [-0.2, 0) is 4.79 Å². The SMILES string of the molecule is CNC(=O)C1CCCN1C(=O)c1ccc(C(=O)O)cc1. The van der Waals surface area contributed by atoms with E-state index in [-0.39, 0.29) is 17.4 Å². The van der Waals surface area contributed by atoms with Crippen LogP contribution in [0.5, 0.6) is 0 Å². The van der Waals surface area contributed by atoms with Crippen LogP contribution in [0, 0.1) is 0 Å². The van der Waals surface area contributed by atoms with Crippen LogP contribution < -0.4 is 5.32 Å². The highest BCUT2D eigenvalue weighted by molar-refractivity contribution is 5.98. The van der Waals surface area contributed by atoms with E-state index in [0.717, 1.165) is 6.42 Å². The number of benzene rings is 1. The first-order chi connectivity index (χ1) is 9.54. The molecule has 1 aliphatic rings. The smallest absolute Gasteiger partial charge is 0.335 e. The predicted octanol–water partition coefficient (Wildman–Crippen LogP) is 0.735. The second-order valence-corrected chi connectivity index (χ2v) is 4.65. The van der Waals surface area contributed by atoms with Gasteiger partial charge in [0.05, 0.1) is 5.56 Å². The molecule has 0 bridgehead atoms. The molecule has 6 heteroatoms. The van der Waals surface area contributed by atoms with Gasteiger partial charge in [-0.15, -0.1) is 0 Å². The average Bonchev–Trinajstić information content (AvgIpc) is 2.95. The molecular formula is C14H16N2O4. The summed E-state index contributed by atoms with van der Waals surface area (Å²) in [4.78, 5) is 36.4. The fourth-order valence-electron chi connectivity index (χ4n) is 2.37. The highest BCUT2D eigenvalue weighted by Gasteiger charge is 2.33. The maximum absolute atomic E-state index is 12.4. The molecule has 6 nitrogen and oxygen atoms in total. The molecule has 0 radical (unpaired) electrons. The third kappa shape index (κ3) is 2.64. The monoisotopic (exact) mass is 276 g/mol. The minimum Gasteiger partial charge on any atom is -0.478 e. The van der Waals surface area contributed by atoms with Gasteiger partial charge in [-0.2, -0.15) is 0 Å². The molecule has 1 aromatic carbocycles. The van der Waals surface area contributed by atoms with Crippen molar-refractivity contribution >= 4 is 17.8 Å². The van der Waals surface area contributed by atoms with Gasteiger partial charge in [0.25, 0.3) is 5.91 Å². The molecular weight excluding hydrogens is 260 g/mol. The number of carbonyl (C=O) groups is 3. The Kier molecular flexibility index (Phi) is 4.02. The minimum atomic E-state index is -1.03. The Labute approximate surface area is 116 Å². The second kappa shape index (κ2) is 5.73. The fraction of sp³-hybridized carbons (Fsp3) is 0.357. The zero-order chi connectivity index (χ0) is 14.7. The summed E-state index contributed by atoms with van der Waals surface area (Å²) in [6, 6.07) is 5.29. The Balaban J connectivity index is 2.18. The zero-order valence-electron chi connectivity index (χ0n) is 11.1. The van der Waals surface area contributed by atoms with Gasteiger partial charge in [-0.25, -0.2) is 4.79 Å². The van der Waals surface area contributed by atoms with Crippen LogP contribution in [0.3, 0.4) is 0 Å². The normalized spacial score (nSPS) is 17.9. The number of likely N-dealkylation sites (tertiary alicyclic amines) is 1. The first kappa shape index (κ1) is 14.0. The molecule has 1 fully saturated rings. The van der Waals surface area contributed by atoms with E-state index < -0.39 is 12.0 Å². The van der Waals surface area contributed by atoms with Gasteiger partial charge in [0.1, 0.15) is 6.04 Å². The number of hydrogen-bond acceptors (Lipinski definition) is 3. The van der Waals surface area contributed by atoms with Crippen molar-refractivity contribution in [1.82, 2.24) is 10.2 Å². The Morgan fingerprint density at radius 3 is 2.35 bits per heavy atom. The van der Waals surface area contributed by atoms with Crippen molar-refractivity contribution in [3.05, 3.63) is 35.4 Å². The van der Waals surface area contributed by atoms with Crippen molar-refractivity contribution in [3.8, 4) is 0 Å². The summed E-state index contributed by atoms with van der Waals surface area (Å²) in [6.07, 6.45) is 1.44. The molecule has 0 spiro atoms. The predicted molar refractivity (Wildman–Crippen MR) is 71.5 cm³/mol. The van der Waals surface area contributed by atoms with Crippen molar-refractivity contribution in [3.63, 3.8) is 0 Å². The van der Waals surface area contributed by atoms with Gasteiger partial charge in [0.15, 0.2) is 0 Å². The standard InChI is InChI=1S/C14H16N2O4/c1-15-12(17)11-3-2-8-16(11)13(18)9-4-6-10(7-5-9)14(19)20/h4-7,11H,2-3,8H2,1H3,(H,15,17)(H,19,20). The summed E-state index contributed by atoms with van der Waals surface area (Å²) in [5.74, 6) is -1.44. The number of amides is 2. The Bertz CT molecular complexity index is 539. The third-order valence-corrected chi connectivity index (χ3v) is 3.44. The lowest BCUT2D eigenvalue weighted by Crippen LogP contribution is -2.44. The fourth-order valence-corrected chi connectivity index (χ4v) is 2.37. The van der Waals surface area contributed by atoms with Crippen molar-refractivity contribution in [2.24, 2.45) is 0 Å². The molecule has 0 aromatic heterocycles. The first-order valence-corrected chi connectivity index (χ1v) is 6.40. The third-order valence-electron chi connectivity index (χ3n) is 3.44. The Hall–Kier alpha value is -2.37. The topological polar surface area (TPSA) is 86.7 Å². The lowest BCUT2D eigenvalue weighted by molar-refractivity contribution is -0.124. The van der Waals surface area contributed by atoms with Crippen molar-refractivity contribution in [1.29, 1.82) is 0 Å². The number of nitrogens with one attached hydrogen (secondary N) is 1. The molecule has 2 N–H and O–H groups in total. The van der Waals surface area contributed by atoms with E-state index in [9.17, 15) is 14.4 Å². The van der Waals surface area contributed by atoms with Crippen LogP contribution in [0.15, 0.2) is 24.3 Å². The molecule has 1 saturated heterocycles. The van der Waals surface area contributed by atoms with Crippen molar-refractivity contribution < 1.29 is 19.5 Å². The maximum Gasteiger partial charge on any atom is 0.335 e. The van der Waals surface area contributed by atoms with Gasteiger partial charge in [-0.1, -0.05) is 0 Å². The van der Waals surface area contributed by atoms with E-state index in [1.807, 2.05) is 0 Å². The van der Waals surface area contributed by atoms with Gasteiger partial charge < -0.3 is 15.3 Å². The van der Waals surface area contributed by atoms with E-state index >= 15 is 0 Å². The number of carbonyl (C=O) groups excluding carboxylic acids is 2. The van der Waals surface area contributed by atoms with E-state index in [2.05, 4.69) is 5.32 Å². The van der Waals surface area contributed by atoms with Gasteiger partial charge in [-0.3, -0.25) is 9.59 Å². The largest absolute Gasteiger partial charge is 0.478 e. The van der Waals surface area contributed by atoms with Crippen LogP contribution in [-0.4, -0.2) is 47.4 Å². The Morgan fingerprint density at radius 2 is 1.80 bits per heavy atom. The molecule has 0 saturated carbocycles. The van der Waals surface area contributed by atoms with Gasteiger partial charge in [-0.05, 0) is 37.1 Å². The van der Waals surface area contributed by atoms with Crippen molar-refractivity contribution in [2.75, 3.05) is 13.6 Å². The molecule has 20 heavy (non-hydrogen) atoms. The van der Waals surface area contributed by atoms with Crippen molar-refractivity contribution in [2.45, 2.75) is 18.9 Å². The van der Waals surface area contributed by atoms with E-state index in [1.165, 1.54) is 29.2 Å². The maximum atomic E-state index is 12.4. The number of hydrogen-bond donors (Lipinski definition) is 2. The summed E-state index contributed by atoms with van der Waals surface area (Å²) in [5.41, 5.74) is 0.525. The Morgan fingerprint density at radius 1 is 1.20 bits per heavy atom. The number of aromatic carboxylic acids is 1. The first-order valence-electron chi connectivity index (χ1n) is 6.40. The number of nitrogens with zero attached hydrogens (tertiary/aromatic N) is 1. The lowest BCUT2D eigenvalue weighted by atomic mass is 10.1. The summed E-state index contributed by atoms with van der Waals surface area (Å²) < 4.78 is 0. The van der Waals surface area contributed by atoms with Crippen LogP contribution >= 0.6 is 0 Å². The highest BCUT2D eigenvalue weighted by atomic mass is 16.4. The van der Waals surface area contributed by atoms with Crippen LogP contribution in [0.1, 0.15) is 33.6 Å². The van der Waals surface area contributed by atoms with Crippen LogP contribution in [0.25, 0.3) is 0 Å². The van der Waals surface area contributed by atoms with Crippen LogP contribution in [0.2, 0.25) is 0 Å². The summed E-state index contributed by atoms with van der Waals surface area (Å²) in [5, 5.41) is 11.4. The molecule has 2 amide bonds. The van der Waals surface area contributed by atoms with Crippen LogP contribution in [0.4, 0.5) is 0 Å². The molecule has 1 heterocycles. The minimum absolute atomic E-state index is 0.130. The lowest BCUT2D eigenvalue weighted by Gasteiger charge is -2.23. The summed E-state index contributed by atoms with van der Waals surface area (Å²) in [7, 11) is 1.55. The summed E-state index contributed by atoms with van der Waals surface area (Å²) >= 11 is 0. The summed E-state index contributed by atoms with van der Waals surface area (Å²) in [6.45, 7) is 0.539. The average molecular weight is 276 g/mol. The molecule has 106 valence electrons. The number of carboxylic acids is 1. The molecule has 1 unspecified atom stereocenters. The molecule has 2 rings (SSSR count). The quantitative estimate of drug-likeness (QED) is 0.852. The molecule has 1 aromatic rings. The van der Waals surface area contributed by atoms with E-state index in [1.54, 1.807) is 7.05 Å². The number of likely N-dealkylation sites (N-methyl/N-ethyl adjacent to an activating group) is 1. The van der Waals surface area contributed by atoms with E-state index in [4.69, 9.17) is 5.11 Å². The van der Waals surface area contributed by atoms with E-state index in [0.29, 0.717) is 18.5 Å². The van der Waals surface area contributed by atoms with Gasteiger partial charge in [0, 0.05) is 19.2 Å². The zero-order valence-corrected chi connectivity index (χ0v) is 11.1. The van der Waals surface area contributed by atoms with Gasteiger partial charge in [0.2, 0.25) is 5.91 Å². The molecule has 0 aliphatic carbocycles. The number of rotatable bonds is 3. The number of carboxylic acid groups (broad SMARTS) is 1.